The fourth-order valence-electron chi connectivity index (χ4n) is 4.61. The van der Waals surface area contributed by atoms with E-state index in [1.54, 1.807) is 0 Å². The molecule has 0 aliphatic carbocycles. The van der Waals surface area contributed by atoms with Crippen LogP contribution < -0.4 is 10.6 Å². The highest BCUT2D eigenvalue weighted by molar-refractivity contribution is 6.31. The van der Waals surface area contributed by atoms with Gasteiger partial charge >= 0.3 is 18.1 Å². The molecule has 4 aromatic rings. The van der Waals surface area contributed by atoms with Crippen molar-refractivity contribution in [3.05, 3.63) is 112 Å². The second kappa shape index (κ2) is 14.3. The summed E-state index contributed by atoms with van der Waals surface area (Å²) in [5.74, 6) is -6.34. The van der Waals surface area contributed by atoms with Crippen LogP contribution in [-0.4, -0.2) is 51.2 Å². The lowest BCUT2D eigenvalue weighted by Gasteiger charge is -2.21. The first kappa shape index (κ1) is 34.4. The van der Waals surface area contributed by atoms with Crippen LogP contribution in [0.2, 0.25) is 5.02 Å². The molecule has 4 aromatic carbocycles. The molecule has 244 valence electrons. The number of alkyl halides is 3. The number of rotatable bonds is 11. The Morgan fingerprint density at radius 3 is 2.00 bits per heavy atom. The van der Waals surface area contributed by atoms with E-state index in [1.165, 1.54) is 66.7 Å². The minimum absolute atomic E-state index is 0.188. The zero-order chi connectivity index (χ0) is 34.5. The van der Waals surface area contributed by atoms with Gasteiger partial charge in [0.15, 0.2) is 0 Å². The molecule has 0 spiro atoms. The van der Waals surface area contributed by atoms with Gasteiger partial charge in [-0.25, -0.2) is 9.18 Å². The highest BCUT2D eigenvalue weighted by atomic mass is 35.5. The van der Waals surface area contributed by atoms with E-state index in [-0.39, 0.29) is 22.6 Å². The van der Waals surface area contributed by atoms with Gasteiger partial charge in [0.1, 0.15) is 23.7 Å². The second-order valence-corrected chi connectivity index (χ2v) is 10.8. The lowest BCUT2D eigenvalue weighted by Crippen LogP contribution is -2.53. The van der Waals surface area contributed by atoms with Gasteiger partial charge in [0.2, 0.25) is 5.91 Å². The number of carboxylic acid groups (broad SMARTS) is 2. The summed E-state index contributed by atoms with van der Waals surface area (Å²) in [5, 5.41) is 33.3. The van der Waals surface area contributed by atoms with Gasteiger partial charge in [-0.3, -0.25) is 14.4 Å². The number of carboxylic acids is 2. The molecule has 2 atom stereocenters. The molecule has 0 bridgehead atoms. The molecular weight excluding hydrogens is 648 g/mol. The van der Waals surface area contributed by atoms with E-state index in [2.05, 4.69) is 10.6 Å². The summed E-state index contributed by atoms with van der Waals surface area (Å²) in [6, 6.07) is 15.0. The molecule has 0 saturated carbocycles. The number of amides is 2. The highest BCUT2D eigenvalue weighted by Crippen LogP contribution is 2.32. The molecule has 14 heteroatoms. The molecule has 0 unspecified atom stereocenters. The molecular formula is C33H25ClF4N2O7. The Balaban J connectivity index is 1.63. The highest BCUT2D eigenvalue weighted by Gasteiger charge is 2.31. The maximum absolute atomic E-state index is 13.7. The Labute approximate surface area is 269 Å². The van der Waals surface area contributed by atoms with Crippen LogP contribution in [0.5, 0.6) is 5.75 Å². The van der Waals surface area contributed by atoms with E-state index >= 15 is 0 Å². The number of aromatic hydroxyl groups is 1. The maximum Gasteiger partial charge on any atom is 0.416 e. The minimum Gasteiger partial charge on any atom is -0.507 e. The summed E-state index contributed by atoms with van der Waals surface area (Å²) in [4.78, 5) is 49.4. The number of benzene rings is 4. The van der Waals surface area contributed by atoms with E-state index in [0.29, 0.717) is 22.3 Å². The van der Waals surface area contributed by atoms with Gasteiger partial charge < -0.3 is 26.0 Å². The molecule has 0 saturated heterocycles. The van der Waals surface area contributed by atoms with Crippen molar-refractivity contribution >= 4 is 35.4 Å². The van der Waals surface area contributed by atoms with Crippen LogP contribution in [0.4, 0.5) is 17.6 Å². The second-order valence-electron chi connectivity index (χ2n) is 10.4. The summed E-state index contributed by atoms with van der Waals surface area (Å²) < 4.78 is 53.3. The maximum atomic E-state index is 13.7. The van der Waals surface area contributed by atoms with Crippen LogP contribution in [0.1, 0.15) is 27.9 Å². The predicted octanol–water partition coefficient (Wildman–Crippen LogP) is 5.92. The van der Waals surface area contributed by atoms with Crippen molar-refractivity contribution in [2.75, 3.05) is 0 Å². The van der Waals surface area contributed by atoms with Gasteiger partial charge in [0, 0.05) is 6.42 Å². The van der Waals surface area contributed by atoms with E-state index < -0.39 is 65.6 Å². The standard InChI is InChI=1S/C33H25ClF4N2O7/c34-24-15-21(8-10-25(24)35)20-9-11-28(41)23(14-20)30(44)39-26(31(45)40-27(32(46)47)16-29(42)43)12-17-4-6-18(7-5-17)19-2-1-3-22(13-19)33(36,37)38/h1-11,13-15,26-27,41H,12,16H2,(H,39,44)(H,40,45)(H,42,43)(H,46,47)/t26-,27-/m0/s1. The van der Waals surface area contributed by atoms with E-state index in [9.17, 15) is 47.0 Å². The minimum atomic E-state index is -4.55. The molecule has 9 nitrogen and oxygen atoms in total. The van der Waals surface area contributed by atoms with Crippen LogP contribution >= 0.6 is 11.6 Å². The van der Waals surface area contributed by atoms with Gasteiger partial charge in [-0.05, 0) is 64.2 Å². The molecule has 0 aliphatic rings. The van der Waals surface area contributed by atoms with Crippen molar-refractivity contribution in [1.29, 1.82) is 0 Å². The van der Waals surface area contributed by atoms with Crippen molar-refractivity contribution in [1.82, 2.24) is 10.6 Å². The third-order valence-corrected chi connectivity index (χ3v) is 7.32. The summed E-state index contributed by atoms with van der Waals surface area (Å²) in [5.41, 5.74) is 0.686. The average molecular weight is 673 g/mol. The van der Waals surface area contributed by atoms with Gasteiger partial charge in [0.05, 0.1) is 22.6 Å². The molecule has 5 N–H and O–H groups in total. The number of carbonyl (C=O) groups is 4. The number of phenolic OH excluding ortho intramolecular Hbond substituents is 1. The Bertz CT molecular complexity index is 1830. The monoisotopic (exact) mass is 672 g/mol. The van der Waals surface area contributed by atoms with Crippen molar-refractivity contribution in [3.63, 3.8) is 0 Å². The molecule has 0 heterocycles. The quantitative estimate of drug-likeness (QED) is 0.124. The van der Waals surface area contributed by atoms with Crippen LogP contribution in [-0.2, 0) is 27.0 Å². The first-order chi connectivity index (χ1) is 22.1. The molecule has 0 aliphatic heterocycles. The van der Waals surface area contributed by atoms with Gasteiger partial charge in [-0.1, -0.05) is 60.1 Å². The first-order valence-electron chi connectivity index (χ1n) is 13.7. The predicted molar refractivity (Wildman–Crippen MR) is 162 cm³/mol. The number of phenols is 1. The van der Waals surface area contributed by atoms with Crippen molar-refractivity contribution in [2.45, 2.75) is 31.1 Å². The number of hydrogen-bond donors (Lipinski definition) is 5. The number of nitrogens with one attached hydrogen (secondary N) is 2. The SMILES string of the molecule is O=C(O)C[C@H](NC(=O)[C@H](Cc1ccc(-c2cccc(C(F)(F)F)c2)cc1)NC(=O)c1cc(-c2ccc(F)c(Cl)c2)ccc1O)C(=O)O. The van der Waals surface area contributed by atoms with E-state index in [0.717, 1.165) is 18.2 Å². The molecule has 4 rings (SSSR count). The van der Waals surface area contributed by atoms with Crippen LogP contribution in [0.3, 0.4) is 0 Å². The van der Waals surface area contributed by atoms with Crippen molar-refractivity contribution in [2.24, 2.45) is 0 Å². The molecule has 0 aromatic heterocycles. The van der Waals surface area contributed by atoms with Crippen LogP contribution in [0.25, 0.3) is 22.3 Å². The van der Waals surface area contributed by atoms with Gasteiger partial charge in [-0.15, -0.1) is 0 Å². The Morgan fingerprint density at radius 2 is 1.38 bits per heavy atom. The number of aliphatic carboxylic acids is 2. The van der Waals surface area contributed by atoms with Gasteiger partial charge in [0.25, 0.3) is 5.91 Å². The third-order valence-electron chi connectivity index (χ3n) is 7.03. The molecule has 47 heavy (non-hydrogen) atoms. The average Bonchev–Trinajstić information content (AvgIpc) is 3.01. The number of carbonyl (C=O) groups excluding carboxylic acids is 2. The molecule has 0 fully saturated rings. The third kappa shape index (κ3) is 8.85. The van der Waals surface area contributed by atoms with Crippen LogP contribution in [0, 0.1) is 5.82 Å². The largest absolute Gasteiger partial charge is 0.507 e. The van der Waals surface area contributed by atoms with Gasteiger partial charge in [-0.2, -0.15) is 13.2 Å². The summed E-state index contributed by atoms with van der Waals surface area (Å²) in [6.07, 6.45) is -5.78. The fraction of sp³-hybridized carbons (Fsp3) is 0.152. The summed E-state index contributed by atoms with van der Waals surface area (Å²) in [7, 11) is 0. The Kier molecular flexibility index (Phi) is 10.5. The Morgan fingerprint density at radius 1 is 0.766 bits per heavy atom. The van der Waals surface area contributed by atoms with Crippen LogP contribution in [0.15, 0.2) is 84.9 Å². The van der Waals surface area contributed by atoms with Crippen molar-refractivity contribution in [3.8, 4) is 28.0 Å². The Hall–Kier alpha value is -5.43. The lowest BCUT2D eigenvalue weighted by molar-refractivity contribution is -0.147. The number of halogens is 5. The topological polar surface area (TPSA) is 153 Å². The summed E-state index contributed by atoms with van der Waals surface area (Å²) in [6.45, 7) is 0. The first-order valence-corrected chi connectivity index (χ1v) is 14.1. The smallest absolute Gasteiger partial charge is 0.416 e. The normalized spacial score (nSPS) is 12.5. The zero-order valence-electron chi connectivity index (χ0n) is 24.0. The van der Waals surface area contributed by atoms with Crippen molar-refractivity contribution < 1.29 is 52.1 Å². The lowest BCUT2D eigenvalue weighted by atomic mass is 9.98. The van der Waals surface area contributed by atoms with E-state index in [4.69, 9.17) is 16.7 Å². The fourth-order valence-corrected chi connectivity index (χ4v) is 4.79. The van der Waals surface area contributed by atoms with E-state index in [1.807, 2.05) is 0 Å². The summed E-state index contributed by atoms with van der Waals surface area (Å²) >= 11 is 5.87. The molecule has 2 amide bonds. The zero-order valence-corrected chi connectivity index (χ0v) is 24.8. The molecule has 0 radical (unpaired) electrons. The number of hydrogen-bond acceptors (Lipinski definition) is 5.